The average Bonchev–Trinajstić information content (AvgIpc) is 3.84. The number of hydrogen-bond donors (Lipinski definition) is 1. The Balaban J connectivity index is 0.951. The number of oxime groups is 1. The van der Waals surface area contributed by atoms with E-state index in [0.29, 0.717) is 44.6 Å². The third kappa shape index (κ3) is 12.4. The Kier molecular flexibility index (Phi) is 16.2. The summed E-state index contributed by atoms with van der Waals surface area (Å²) in [5.41, 5.74) is -0.134. The Morgan fingerprint density at radius 2 is 1.57 bits per heavy atom. The lowest BCUT2D eigenvalue weighted by Gasteiger charge is -2.56. The van der Waals surface area contributed by atoms with Crippen LogP contribution in [0.5, 0.6) is 23.0 Å². The molecule has 0 saturated carbocycles. The summed E-state index contributed by atoms with van der Waals surface area (Å²) in [6.45, 7) is 13.1. The second kappa shape index (κ2) is 22.3. The van der Waals surface area contributed by atoms with Crippen molar-refractivity contribution in [3.05, 3.63) is 110 Å². The van der Waals surface area contributed by atoms with Crippen molar-refractivity contribution < 1.29 is 66.4 Å². The first kappa shape index (κ1) is 54.6. The molecule has 5 aliphatic heterocycles. The van der Waals surface area contributed by atoms with Gasteiger partial charge in [-0.2, -0.15) is 4.73 Å². The first-order chi connectivity index (χ1) is 35.6. The molecule has 2 radical (unpaired) electrons. The number of aryl methyl sites for hydroxylation is 1. The number of quaternary nitrogens is 1. The molecular weight excluding hydrogens is 1000 g/mol. The molecule has 2 bridgehead atoms. The number of β-lactam (4-membered cyclic amide) rings is 1. The lowest BCUT2D eigenvalue weighted by Crippen LogP contribution is -2.66. The summed E-state index contributed by atoms with van der Waals surface area (Å²) in [4.78, 5) is 81.3. The number of methoxy groups -OCH3 is 2. The maximum absolute atomic E-state index is 14.4. The Morgan fingerprint density at radius 1 is 0.947 bits per heavy atom. The Bertz CT molecular complexity index is 2860. The molecule has 2 aromatic carbocycles. The summed E-state index contributed by atoms with van der Waals surface area (Å²) in [5, 5.41) is 22.1. The second-order valence-electron chi connectivity index (χ2n) is 20.9. The van der Waals surface area contributed by atoms with Crippen LogP contribution in [0.4, 0.5) is 0 Å². The molecule has 4 aromatic rings. The van der Waals surface area contributed by atoms with Gasteiger partial charge in [-0.1, -0.05) is 29.4 Å². The van der Waals surface area contributed by atoms with Crippen molar-refractivity contribution >= 4 is 66.4 Å². The number of thioether (sulfide) groups is 1. The van der Waals surface area contributed by atoms with Gasteiger partial charge in [0.15, 0.2) is 17.2 Å². The van der Waals surface area contributed by atoms with Crippen molar-refractivity contribution in [1.29, 1.82) is 0 Å². The van der Waals surface area contributed by atoms with Crippen molar-refractivity contribution in [1.82, 2.24) is 15.2 Å². The van der Waals surface area contributed by atoms with Crippen molar-refractivity contribution in [2.45, 2.75) is 97.0 Å². The molecule has 0 unspecified atom stereocenters. The number of nitrogens with zero attached hydrogens (tertiary/aromatic N) is 5. The van der Waals surface area contributed by atoms with Crippen LogP contribution in [0, 0.1) is 23.5 Å². The molecule has 4 saturated heterocycles. The number of piperidine rings is 3. The number of ether oxygens (including phenoxy) is 5. The number of thiazole rings is 1. The number of hydrogen-bond acceptors (Lipinski definition) is 17. The lowest BCUT2D eigenvalue weighted by molar-refractivity contribution is -0.941. The Morgan fingerprint density at radius 3 is 2.15 bits per heavy atom. The summed E-state index contributed by atoms with van der Waals surface area (Å²) in [6.07, 6.45) is 3.19. The number of amides is 2. The minimum absolute atomic E-state index is 0.0270. The van der Waals surface area contributed by atoms with Crippen molar-refractivity contribution in [2.75, 3.05) is 52.7 Å². The molecule has 1 N–H and O–H groups in total. The van der Waals surface area contributed by atoms with E-state index in [1.807, 2.05) is 12.1 Å². The predicted octanol–water partition coefficient (Wildman–Crippen LogP) is 5.90. The van der Waals surface area contributed by atoms with Crippen LogP contribution in [0.1, 0.15) is 92.6 Å². The van der Waals surface area contributed by atoms with Gasteiger partial charge in [-0.25, -0.2) is 14.6 Å². The van der Waals surface area contributed by atoms with E-state index in [0.717, 1.165) is 61.8 Å². The molecule has 7 heterocycles. The number of aromatic nitrogens is 2. The fourth-order valence-corrected chi connectivity index (χ4v) is 11.6. The van der Waals surface area contributed by atoms with Gasteiger partial charge in [-0.15, -0.1) is 23.1 Å². The summed E-state index contributed by atoms with van der Waals surface area (Å²) >= 11 is 2.80. The zero-order valence-electron chi connectivity index (χ0n) is 43.4. The number of carbonyl (C=O) groups is 5. The van der Waals surface area contributed by atoms with Crippen LogP contribution in [0.3, 0.4) is 0 Å². The maximum Gasteiger partial charge on any atom is 0.374 e. The smallest absolute Gasteiger partial charge is 0.374 e. The highest BCUT2D eigenvalue weighted by molar-refractivity contribution is 8.00. The van der Waals surface area contributed by atoms with Gasteiger partial charge in [0.1, 0.15) is 48.2 Å². The molecule has 75 heavy (non-hydrogen) atoms. The molecule has 396 valence electrons. The molecule has 0 aliphatic carbocycles. The van der Waals surface area contributed by atoms with Gasteiger partial charge in [0.25, 0.3) is 5.69 Å². The quantitative estimate of drug-likeness (QED) is 0.0150. The van der Waals surface area contributed by atoms with Gasteiger partial charge in [0.2, 0.25) is 23.5 Å². The zero-order chi connectivity index (χ0) is 53.9. The average molecular weight is 1070 g/mol. The van der Waals surface area contributed by atoms with E-state index in [1.54, 1.807) is 83.7 Å². The third-order valence-electron chi connectivity index (χ3n) is 14.1. The monoisotopic (exact) mass is 1070 g/mol. The maximum atomic E-state index is 14.4. The highest BCUT2D eigenvalue weighted by Gasteiger charge is 2.56. The summed E-state index contributed by atoms with van der Waals surface area (Å²) < 4.78 is 33.9. The summed E-state index contributed by atoms with van der Waals surface area (Å²) in [6, 6.07) is 15.6. The minimum atomic E-state index is -1.56. The van der Waals surface area contributed by atoms with Crippen LogP contribution >= 0.6 is 23.1 Å². The first-order valence-electron chi connectivity index (χ1n) is 24.6. The molecular formula is C53H62BN6O13S2+. The first-order valence-corrected chi connectivity index (χ1v) is 26.5. The summed E-state index contributed by atoms with van der Waals surface area (Å²) in [5.74, 6) is -1.74. The third-order valence-corrected chi connectivity index (χ3v) is 16.2. The van der Waals surface area contributed by atoms with Gasteiger partial charge < -0.3 is 48.2 Å². The topological polar surface area (TPSA) is 217 Å². The van der Waals surface area contributed by atoms with Crippen molar-refractivity contribution in [3.63, 3.8) is 0 Å². The van der Waals surface area contributed by atoms with Gasteiger partial charge in [0, 0.05) is 54.3 Å². The SMILES string of the molecule is [B]Oc1cc(C(=O)NCC23CC[N+](CC4=C(C(=O)OCc5ccc(OC)cc5)N5C(=O)[C@@H](CC(=O)/C(=N\OC(C)(C)C(=O)OC(C)(C)C)c6csc(C)n6)[C@H]5SC4)(CC2)CC3)[n+]([O-])cc1OCc1ccc(OC)cc1. The number of ketones is 1. The largest absolute Gasteiger partial charge is 0.618 e. The fraction of sp³-hybridized carbons (Fsp3) is 0.472. The number of rotatable bonds is 21. The van der Waals surface area contributed by atoms with Crippen LogP contribution in [-0.4, -0.2) is 127 Å². The molecule has 2 amide bonds. The van der Waals surface area contributed by atoms with E-state index in [2.05, 4.69) is 15.5 Å². The van der Waals surface area contributed by atoms with Crippen LogP contribution in [0.15, 0.2) is 82.6 Å². The minimum Gasteiger partial charge on any atom is -0.618 e. The molecule has 9 rings (SSSR count). The second-order valence-corrected chi connectivity index (χ2v) is 23.1. The van der Waals surface area contributed by atoms with Gasteiger partial charge in [-0.05, 0) is 76.9 Å². The molecule has 4 fully saturated rings. The van der Waals surface area contributed by atoms with Crippen LogP contribution in [0.2, 0.25) is 0 Å². The molecule has 22 heteroatoms. The Labute approximate surface area is 445 Å². The standard InChI is InChI=1S/C53H61BN6O13S2/c1-32-56-39(30-74-32)44(57-73-52(5,6)50(65)71-51(2,3)4)41(61)23-38-47(63)59-45(49(64)70-28-34-11-15-37(68-8)16-12-34)35(29-75-48(38)59)26-60-20-17-53(18-21-60,19-22-60)31-55-46(62)40-24-42(72-54)43(25-58(40)66)69-27-33-9-13-36(67-7)14-10-33/h9-16,24-25,30,38,48H,17-23,26-29,31H2,1-8H3/p+1/b57-44-/t38-,48-,53?,60?/m1/s1. The molecule has 5 aliphatic rings. The van der Waals surface area contributed by atoms with Gasteiger partial charge in [-0.3, -0.25) is 19.3 Å². The normalized spacial score (nSPS) is 21.4. The highest BCUT2D eigenvalue weighted by Crippen LogP contribution is 2.49. The van der Waals surface area contributed by atoms with E-state index < -0.39 is 52.0 Å². The van der Waals surface area contributed by atoms with Crippen LogP contribution < -0.4 is 28.9 Å². The van der Waals surface area contributed by atoms with E-state index in [4.69, 9.17) is 41.2 Å². The van der Waals surface area contributed by atoms with E-state index in [9.17, 15) is 29.2 Å². The number of benzene rings is 2. The molecule has 2 aromatic heterocycles. The Hall–Kier alpha value is -6.65. The number of nitrogens with one attached hydrogen (secondary N) is 1. The lowest BCUT2D eigenvalue weighted by atomic mass is 9.70. The fourth-order valence-electron chi connectivity index (χ4n) is 9.62. The van der Waals surface area contributed by atoms with Crippen molar-refractivity contribution in [3.8, 4) is 23.0 Å². The van der Waals surface area contributed by atoms with E-state index in [1.165, 1.54) is 47.9 Å². The number of fused-ring (bicyclic) bond motifs is 4. The van der Waals surface area contributed by atoms with Gasteiger partial charge in [0.05, 0.1) is 56.2 Å². The summed E-state index contributed by atoms with van der Waals surface area (Å²) in [7, 11) is 8.70. The number of Topliss-reactive ketones (excluding diaryl/α,β-unsaturated/α-hetero) is 1. The van der Waals surface area contributed by atoms with Crippen LogP contribution in [0.25, 0.3) is 0 Å². The van der Waals surface area contributed by atoms with Gasteiger partial charge >= 0.3 is 25.9 Å². The molecule has 2 atom stereocenters. The predicted molar refractivity (Wildman–Crippen MR) is 278 cm³/mol. The van der Waals surface area contributed by atoms with Crippen LogP contribution in [-0.2, 0) is 46.7 Å². The van der Waals surface area contributed by atoms with E-state index in [-0.39, 0.29) is 59.3 Å². The van der Waals surface area contributed by atoms with Crippen molar-refractivity contribution in [2.24, 2.45) is 16.5 Å². The zero-order valence-corrected chi connectivity index (χ0v) is 45.1. The number of esters is 2. The number of carbonyl (C=O) groups excluding carboxylic acids is 5. The van der Waals surface area contributed by atoms with E-state index >= 15 is 0 Å². The number of pyridine rings is 1. The molecule has 0 spiro atoms. The highest BCUT2D eigenvalue weighted by atomic mass is 32.2. The molecule has 19 nitrogen and oxygen atoms in total.